The van der Waals surface area contributed by atoms with Gasteiger partial charge in [-0.2, -0.15) is 0 Å². The number of amides is 1. The fourth-order valence-electron chi connectivity index (χ4n) is 3.01. The second kappa shape index (κ2) is 7.47. The van der Waals surface area contributed by atoms with Crippen molar-refractivity contribution in [3.8, 4) is 0 Å². The normalized spacial score (nSPS) is 12.0. The summed E-state index contributed by atoms with van der Waals surface area (Å²) in [6, 6.07) is 14.2. The molecule has 0 saturated heterocycles. The van der Waals surface area contributed by atoms with Crippen molar-refractivity contribution in [1.29, 1.82) is 0 Å². The lowest BCUT2D eigenvalue weighted by Gasteiger charge is -2.17. The monoisotopic (exact) mass is 352 g/mol. The van der Waals surface area contributed by atoms with Crippen molar-refractivity contribution in [3.63, 3.8) is 0 Å². The number of nitrogens with zero attached hydrogens (tertiary/aromatic N) is 3. The Labute approximate surface area is 151 Å². The summed E-state index contributed by atoms with van der Waals surface area (Å²) in [5.74, 6) is -0.695. The van der Waals surface area contributed by atoms with Crippen molar-refractivity contribution in [3.05, 3.63) is 82.4 Å². The highest BCUT2D eigenvalue weighted by Crippen LogP contribution is 2.21. The van der Waals surface area contributed by atoms with Gasteiger partial charge in [0.2, 0.25) is 0 Å². The molecule has 1 atom stereocenters. The van der Waals surface area contributed by atoms with Crippen molar-refractivity contribution in [2.45, 2.75) is 33.4 Å². The Morgan fingerprint density at radius 3 is 2.58 bits per heavy atom. The van der Waals surface area contributed by atoms with Gasteiger partial charge in [-0.1, -0.05) is 47.7 Å². The van der Waals surface area contributed by atoms with E-state index >= 15 is 0 Å². The number of hydrogen-bond donors (Lipinski definition) is 1. The Hall–Kier alpha value is -3.02. The van der Waals surface area contributed by atoms with Gasteiger partial charge in [-0.3, -0.25) is 4.79 Å². The smallest absolute Gasteiger partial charge is 0.274 e. The molecule has 0 aliphatic heterocycles. The van der Waals surface area contributed by atoms with Crippen LogP contribution in [0, 0.1) is 19.7 Å². The highest BCUT2D eigenvalue weighted by molar-refractivity contribution is 5.93. The van der Waals surface area contributed by atoms with Gasteiger partial charge < -0.3 is 5.32 Å². The molecule has 1 unspecified atom stereocenters. The molecular formula is C20H21FN4O. The van der Waals surface area contributed by atoms with Gasteiger partial charge in [-0.15, -0.1) is 5.10 Å². The topological polar surface area (TPSA) is 59.8 Å². The first-order valence-corrected chi connectivity index (χ1v) is 8.47. The number of carbonyl (C=O) groups excluding carboxylic acids is 1. The summed E-state index contributed by atoms with van der Waals surface area (Å²) in [5.41, 5.74) is 3.27. The zero-order chi connectivity index (χ0) is 18.7. The van der Waals surface area contributed by atoms with Gasteiger partial charge in [0.1, 0.15) is 5.82 Å². The summed E-state index contributed by atoms with van der Waals surface area (Å²) in [4.78, 5) is 12.6. The van der Waals surface area contributed by atoms with Crippen LogP contribution in [0.1, 0.15) is 45.8 Å². The van der Waals surface area contributed by atoms with Gasteiger partial charge >= 0.3 is 0 Å². The van der Waals surface area contributed by atoms with Crippen LogP contribution in [0.15, 0.2) is 48.5 Å². The number of nitrogens with one attached hydrogen (secondary N) is 1. The predicted octanol–water partition coefficient (Wildman–Crippen LogP) is 3.57. The average Bonchev–Trinajstić information content (AvgIpc) is 2.96. The summed E-state index contributed by atoms with van der Waals surface area (Å²) < 4.78 is 15.8. The molecule has 26 heavy (non-hydrogen) atoms. The molecular weight excluding hydrogens is 331 g/mol. The third-order valence-corrected chi connectivity index (χ3v) is 4.42. The fourth-order valence-corrected chi connectivity index (χ4v) is 3.01. The van der Waals surface area contributed by atoms with Crippen LogP contribution >= 0.6 is 0 Å². The fraction of sp³-hybridized carbons (Fsp3) is 0.250. The quantitative estimate of drug-likeness (QED) is 0.764. The molecule has 134 valence electrons. The highest BCUT2D eigenvalue weighted by atomic mass is 19.1. The molecule has 2 aromatic carbocycles. The van der Waals surface area contributed by atoms with E-state index < -0.39 is 6.04 Å². The number of rotatable bonds is 5. The first kappa shape index (κ1) is 17.8. The van der Waals surface area contributed by atoms with Gasteiger partial charge in [0.15, 0.2) is 5.69 Å². The molecule has 1 N–H and O–H groups in total. The number of benzene rings is 2. The average molecular weight is 352 g/mol. The Kier molecular flexibility index (Phi) is 5.11. The molecule has 0 fully saturated rings. The van der Waals surface area contributed by atoms with E-state index in [1.807, 2.05) is 43.3 Å². The van der Waals surface area contributed by atoms with E-state index in [0.717, 1.165) is 11.1 Å². The summed E-state index contributed by atoms with van der Waals surface area (Å²) in [5, 5.41) is 10.9. The molecule has 0 aliphatic rings. The molecule has 0 aliphatic carbocycles. The van der Waals surface area contributed by atoms with Gasteiger partial charge in [-0.25, -0.2) is 9.07 Å². The van der Waals surface area contributed by atoms with E-state index in [1.54, 1.807) is 24.6 Å². The number of carbonyl (C=O) groups is 1. The largest absolute Gasteiger partial charge is 0.344 e. The summed E-state index contributed by atoms with van der Waals surface area (Å²) in [6.07, 6.45) is 0. The number of aromatic nitrogens is 3. The van der Waals surface area contributed by atoms with Gasteiger partial charge in [-0.05, 0) is 38.0 Å². The van der Waals surface area contributed by atoms with Crippen LogP contribution < -0.4 is 5.32 Å². The minimum Gasteiger partial charge on any atom is -0.344 e. The Morgan fingerprint density at radius 1 is 1.15 bits per heavy atom. The SMILES string of the molecule is Cc1cccc(F)c1C(C)NC(=O)c1nnn(Cc2ccccc2)c1C. The lowest BCUT2D eigenvalue weighted by Crippen LogP contribution is -2.28. The van der Waals surface area contributed by atoms with Crippen molar-refractivity contribution >= 4 is 5.91 Å². The number of halogens is 1. The van der Waals surface area contributed by atoms with Crippen molar-refractivity contribution in [1.82, 2.24) is 20.3 Å². The number of aryl methyl sites for hydroxylation is 1. The second-order valence-corrected chi connectivity index (χ2v) is 6.33. The van der Waals surface area contributed by atoms with Crippen LogP contribution in [-0.2, 0) is 6.54 Å². The third-order valence-electron chi connectivity index (χ3n) is 4.42. The van der Waals surface area contributed by atoms with Gasteiger partial charge in [0.05, 0.1) is 18.3 Å². The van der Waals surface area contributed by atoms with Crippen LogP contribution in [0.2, 0.25) is 0 Å². The van der Waals surface area contributed by atoms with E-state index in [1.165, 1.54) is 6.07 Å². The molecule has 0 spiro atoms. The van der Waals surface area contributed by atoms with E-state index in [4.69, 9.17) is 0 Å². The van der Waals surface area contributed by atoms with E-state index in [2.05, 4.69) is 15.6 Å². The molecule has 0 radical (unpaired) electrons. The zero-order valence-corrected chi connectivity index (χ0v) is 15.0. The van der Waals surface area contributed by atoms with E-state index in [0.29, 0.717) is 17.8 Å². The first-order chi connectivity index (χ1) is 12.5. The maximum absolute atomic E-state index is 14.1. The van der Waals surface area contributed by atoms with Crippen molar-refractivity contribution in [2.24, 2.45) is 0 Å². The Balaban J connectivity index is 1.76. The Morgan fingerprint density at radius 2 is 1.88 bits per heavy atom. The van der Waals surface area contributed by atoms with Crippen LogP contribution in [-0.4, -0.2) is 20.9 Å². The molecule has 0 bridgehead atoms. The van der Waals surface area contributed by atoms with Crippen LogP contribution in [0.25, 0.3) is 0 Å². The molecule has 3 aromatic rings. The minimum absolute atomic E-state index is 0.252. The molecule has 5 nitrogen and oxygen atoms in total. The van der Waals surface area contributed by atoms with Crippen LogP contribution in [0.4, 0.5) is 4.39 Å². The van der Waals surface area contributed by atoms with E-state index in [-0.39, 0.29) is 17.4 Å². The summed E-state index contributed by atoms with van der Waals surface area (Å²) >= 11 is 0. The Bertz CT molecular complexity index is 901. The maximum atomic E-state index is 14.1. The van der Waals surface area contributed by atoms with Gasteiger partial charge in [0, 0.05) is 5.56 Å². The second-order valence-electron chi connectivity index (χ2n) is 6.33. The highest BCUT2D eigenvalue weighted by Gasteiger charge is 2.21. The van der Waals surface area contributed by atoms with Crippen LogP contribution in [0.5, 0.6) is 0 Å². The van der Waals surface area contributed by atoms with Crippen molar-refractivity contribution in [2.75, 3.05) is 0 Å². The lowest BCUT2D eigenvalue weighted by molar-refractivity contribution is 0.0933. The summed E-state index contributed by atoms with van der Waals surface area (Å²) in [6.45, 7) is 5.92. The molecule has 1 heterocycles. The standard InChI is InChI=1S/C20H21FN4O/c1-13-8-7-11-17(21)18(13)14(2)22-20(26)19-15(3)25(24-23-19)12-16-9-5-4-6-10-16/h4-11,14H,12H2,1-3H3,(H,22,26). The summed E-state index contributed by atoms with van der Waals surface area (Å²) in [7, 11) is 0. The van der Waals surface area contributed by atoms with Gasteiger partial charge in [0.25, 0.3) is 5.91 Å². The molecule has 3 rings (SSSR count). The predicted molar refractivity (Wildman–Crippen MR) is 97.3 cm³/mol. The minimum atomic E-state index is -0.470. The molecule has 1 aromatic heterocycles. The zero-order valence-electron chi connectivity index (χ0n) is 15.0. The lowest BCUT2D eigenvalue weighted by atomic mass is 10.0. The molecule has 0 saturated carbocycles. The van der Waals surface area contributed by atoms with E-state index in [9.17, 15) is 9.18 Å². The van der Waals surface area contributed by atoms with Crippen LogP contribution in [0.3, 0.4) is 0 Å². The molecule has 1 amide bonds. The van der Waals surface area contributed by atoms with Crippen molar-refractivity contribution < 1.29 is 9.18 Å². The maximum Gasteiger partial charge on any atom is 0.274 e. The molecule has 6 heteroatoms. The first-order valence-electron chi connectivity index (χ1n) is 8.47. The number of hydrogen-bond acceptors (Lipinski definition) is 3. The third kappa shape index (κ3) is 3.64.